The number of anilines is 5. The molecule has 0 unspecified atom stereocenters. The maximum Gasteiger partial charge on any atom is 0.251 e. The normalized spacial score (nSPS) is 15.2. The van der Waals surface area contributed by atoms with Gasteiger partial charge >= 0.3 is 0 Å². The number of aromatic nitrogens is 2. The highest BCUT2D eigenvalue weighted by molar-refractivity contribution is 6.06. The van der Waals surface area contributed by atoms with Crippen molar-refractivity contribution >= 4 is 40.6 Å². The number of likely N-dealkylation sites (N-methyl/N-ethyl adjacent to an activating group) is 1. The van der Waals surface area contributed by atoms with E-state index in [1.807, 2.05) is 56.3 Å². The van der Waals surface area contributed by atoms with E-state index in [0.717, 1.165) is 12.2 Å². The molecule has 1 aromatic heterocycles. The minimum atomic E-state index is -0.391. The minimum absolute atomic E-state index is 0.0104. The molecule has 212 valence electrons. The summed E-state index contributed by atoms with van der Waals surface area (Å²) in [6, 6.07) is 14.6. The Labute approximate surface area is 236 Å². The van der Waals surface area contributed by atoms with E-state index in [1.54, 1.807) is 43.5 Å². The number of benzene rings is 2. The molecule has 1 aliphatic heterocycles. The summed E-state index contributed by atoms with van der Waals surface area (Å²) < 4.78 is 5.61. The number of methoxy groups -OCH3 is 1. The molecule has 4 rings (SSSR count). The number of para-hydroxylation sites is 1. The molecule has 0 bridgehead atoms. The average molecular weight is 546 g/mol. The third-order valence-corrected chi connectivity index (χ3v) is 6.87. The topological polar surface area (TPSA) is 103 Å². The van der Waals surface area contributed by atoms with Crippen molar-refractivity contribution in [2.45, 2.75) is 33.2 Å². The van der Waals surface area contributed by atoms with Gasteiger partial charge in [0.1, 0.15) is 17.5 Å². The molecule has 0 spiro atoms. The number of hydrogen-bond acceptors (Lipinski definition) is 8. The van der Waals surface area contributed by atoms with Crippen LogP contribution in [-0.4, -0.2) is 74.1 Å². The van der Waals surface area contributed by atoms with Crippen LogP contribution < -0.4 is 25.2 Å². The molecule has 2 amide bonds. The predicted octanol–water partition coefficient (Wildman–Crippen LogP) is 4.44. The van der Waals surface area contributed by atoms with Crippen molar-refractivity contribution in [3.05, 3.63) is 60.3 Å². The van der Waals surface area contributed by atoms with E-state index >= 15 is 0 Å². The van der Waals surface area contributed by atoms with Gasteiger partial charge in [-0.05, 0) is 56.3 Å². The number of carbonyl (C=O) groups excluding carboxylic acids is 2. The van der Waals surface area contributed by atoms with Gasteiger partial charge in [0.05, 0.1) is 19.0 Å². The van der Waals surface area contributed by atoms with Gasteiger partial charge in [-0.15, -0.1) is 0 Å². The number of nitrogens with one attached hydrogen (secondary N) is 2. The largest absolute Gasteiger partial charge is 0.495 e. The molecule has 2 aromatic carbocycles. The lowest BCUT2D eigenvalue weighted by Gasteiger charge is -2.40. The first-order valence-corrected chi connectivity index (χ1v) is 13.4. The van der Waals surface area contributed by atoms with Crippen LogP contribution in [0.15, 0.2) is 54.7 Å². The second kappa shape index (κ2) is 11.9. The minimum Gasteiger partial charge on any atom is -0.495 e. The van der Waals surface area contributed by atoms with Crippen molar-refractivity contribution in [1.29, 1.82) is 0 Å². The van der Waals surface area contributed by atoms with Gasteiger partial charge in [0.15, 0.2) is 5.82 Å². The number of carbonyl (C=O) groups is 2. The maximum absolute atomic E-state index is 13.2. The number of fused-ring (bicyclic) bond motifs is 1. The van der Waals surface area contributed by atoms with Crippen LogP contribution in [0.1, 0.15) is 37.6 Å². The molecule has 0 radical (unpaired) electrons. The highest BCUT2D eigenvalue weighted by atomic mass is 16.5. The molecule has 0 fully saturated rings. The van der Waals surface area contributed by atoms with Crippen LogP contribution in [0.3, 0.4) is 0 Å². The fourth-order valence-electron chi connectivity index (χ4n) is 5.08. The number of nitrogens with zero attached hydrogens (tertiary/aromatic N) is 5. The van der Waals surface area contributed by atoms with Crippen LogP contribution >= 0.6 is 0 Å². The summed E-state index contributed by atoms with van der Waals surface area (Å²) in [5.74, 6) is 1.29. The van der Waals surface area contributed by atoms with E-state index in [2.05, 4.69) is 34.4 Å². The van der Waals surface area contributed by atoms with E-state index < -0.39 is 6.04 Å². The van der Waals surface area contributed by atoms with Crippen molar-refractivity contribution in [3.63, 3.8) is 0 Å². The molecule has 3 aromatic rings. The standard InChI is InChI=1S/C30H39N7O3/c1-8-23-28(39)36(6)24-17-31-29(34-26(24)37(23)21-12-10-9-11-13-21)33-22-15-14-20(16-25(22)40-7)27(38)32-18-30(2,3)19-35(4)5/h9-17,23H,8,18-19H2,1-7H3,(H,32,38)(H,31,33,34)/t23-/m1/s1. The van der Waals surface area contributed by atoms with Crippen LogP contribution in [0, 0.1) is 5.41 Å². The summed E-state index contributed by atoms with van der Waals surface area (Å²) in [6.07, 6.45) is 2.27. The number of hydrogen-bond donors (Lipinski definition) is 2. The molecule has 2 N–H and O–H groups in total. The number of rotatable bonds is 10. The van der Waals surface area contributed by atoms with Crippen molar-refractivity contribution in [2.24, 2.45) is 5.41 Å². The first-order chi connectivity index (χ1) is 19.0. The lowest BCUT2D eigenvalue weighted by molar-refractivity contribution is -0.119. The SMILES string of the molecule is CC[C@@H]1C(=O)N(C)c2cnc(Nc3ccc(C(=O)NCC(C)(C)CN(C)C)cc3OC)nc2N1c1ccccc1. The monoisotopic (exact) mass is 545 g/mol. The smallest absolute Gasteiger partial charge is 0.251 e. The third kappa shape index (κ3) is 6.17. The van der Waals surface area contributed by atoms with Crippen molar-refractivity contribution in [2.75, 3.05) is 56.5 Å². The van der Waals surface area contributed by atoms with Crippen molar-refractivity contribution in [3.8, 4) is 5.75 Å². The molecular formula is C30H39N7O3. The van der Waals surface area contributed by atoms with Gasteiger partial charge in [-0.1, -0.05) is 39.0 Å². The Kier molecular flexibility index (Phi) is 8.58. The lowest BCUT2D eigenvalue weighted by Crippen LogP contribution is -2.50. The molecule has 40 heavy (non-hydrogen) atoms. The molecular weight excluding hydrogens is 506 g/mol. The maximum atomic E-state index is 13.2. The first kappa shape index (κ1) is 28.8. The summed E-state index contributed by atoms with van der Waals surface area (Å²) in [7, 11) is 7.34. The Morgan fingerprint density at radius 3 is 2.52 bits per heavy atom. The highest BCUT2D eigenvalue weighted by Gasteiger charge is 2.38. The van der Waals surface area contributed by atoms with Gasteiger partial charge in [0.25, 0.3) is 5.91 Å². The highest BCUT2D eigenvalue weighted by Crippen LogP contribution is 2.40. The summed E-state index contributed by atoms with van der Waals surface area (Å²) in [5.41, 5.74) is 2.54. The summed E-state index contributed by atoms with van der Waals surface area (Å²) >= 11 is 0. The fourth-order valence-corrected chi connectivity index (χ4v) is 5.08. The molecule has 0 saturated heterocycles. The summed E-state index contributed by atoms with van der Waals surface area (Å²) in [6.45, 7) is 7.63. The van der Waals surface area contributed by atoms with Gasteiger partial charge in [0.2, 0.25) is 11.9 Å². The van der Waals surface area contributed by atoms with E-state index in [9.17, 15) is 9.59 Å². The Balaban J connectivity index is 1.60. The molecule has 10 nitrogen and oxygen atoms in total. The molecule has 0 saturated carbocycles. The molecule has 2 heterocycles. The Hall–Kier alpha value is -4.18. The Morgan fingerprint density at radius 2 is 1.88 bits per heavy atom. The zero-order valence-corrected chi connectivity index (χ0v) is 24.4. The Morgan fingerprint density at radius 1 is 1.15 bits per heavy atom. The van der Waals surface area contributed by atoms with Gasteiger partial charge in [-0.2, -0.15) is 4.98 Å². The zero-order valence-electron chi connectivity index (χ0n) is 24.4. The second-order valence-corrected chi connectivity index (χ2v) is 11.1. The molecule has 1 atom stereocenters. The van der Waals surface area contributed by atoms with Crippen molar-refractivity contribution < 1.29 is 14.3 Å². The second-order valence-electron chi connectivity index (χ2n) is 11.1. The van der Waals surface area contributed by atoms with E-state index in [-0.39, 0.29) is 17.2 Å². The Bertz CT molecular complexity index is 1360. The summed E-state index contributed by atoms with van der Waals surface area (Å²) in [5, 5.41) is 6.27. The quantitative estimate of drug-likeness (QED) is 0.386. The van der Waals surface area contributed by atoms with Gasteiger partial charge in [0, 0.05) is 31.4 Å². The zero-order chi connectivity index (χ0) is 29.0. The van der Waals surface area contributed by atoms with Gasteiger partial charge in [-0.3, -0.25) is 9.59 Å². The third-order valence-electron chi connectivity index (χ3n) is 6.87. The first-order valence-electron chi connectivity index (χ1n) is 13.4. The van der Waals surface area contributed by atoms with Crippen LogP contribution in [0.4, 0.5) is 28.8 Å². The van der Waals surface area contributed by atoms with E-state index in [1.165, 1.54) is 0 Å². The van der Waals surface area contributed by atoms with Crippen LogP contribution in [-0.2, 0) is 4.79 Å². The van der Waals surface area contributed by atoms with Gasteiger partial charge in [-0.25, -0.2) is 4.98 Å². The number of amides is 2. The summed E-state index contributed by atoms with van der Waals surface area (Å²) in [4.78, 5) is 41.1. The van der Waals surface area contributed by atoms with Crippen LogP contribution in [0.2, 0.25) is 0 Å². The molecule has 10 heteroatoms. The van der Waals surface area contributed by atoms with Gasteiger partial charge < -0.3 is 30.1 Å². The molecule has 1 aliphatic rings. The van der Waals surface area contributed by atoms with Crippen LogP contribution in [0.5, 0.6) is 5.75 Å². The lowest BCUT2D eigenvalue weighted by atomic mass is 9.93. The predicted molar refractivity (Wildman–Crippen MR) is 159 cm³/mol. The fraction of sp³-hybridized carbons (Fsp3) is 0.400. The van der Waals surface area contributed by atoms with Crippen LogP contribution in [0.25, 0.3) is 0 Å². The van der Waals surface area contributed by atoms with E-state index in [0.29, 0.717) is 47.4 Å². The number of ether oxygens (including phenoxy) is 1. The van der Waals surface area contributed by atoms with Crippen molar-refractivity contribution in [1.82, 2.24) is 20.2 Å². The average Bonchev–Trinajstić information content (AvgIpc) is 2.93. The van der Waals surface area contributed by atoms with E-state index in [4.69, 9.17) is 9.72 Å². The molecule has 0 aliphatic carbocycles.